The number of aromatic nitrogens is 4. The van der Waals surface area contributed by atoms with Gasteiger partial charge in [0.15, 0.2) is 0 Å². The van der Waals surface area contributed by atoms with Gasteiger partial charge in [-0.15, -0.1) is 0 Å². The molecular formula is C25H22FN5O. The maximum absolute atomic E-state index is 13.9. The molecule has 0 spiro atoms. The summed E-state index contributed by atoms with van der Waals surface area (Å²) in [6.07, 6.45) is 3.11. The van der Waals surface area contributed by atoms with Gasteiger partial charge in [0.25, 0.3) is 0 Å². The van der Waals surface area contributed by atoms with Crippen molar-refractivity contribution in [3.05, 3.63) is 84.3 Å². The molecule has 0 aliphatic rings. The molecule has 6 nitrogen and oxygen atoms in total. The Bertz CT molecular complexity index is 1370. The molecule has 0 saturated carbocycles. The van der Waals surface area contributed by atoms with E-state index in [0.29, 0.717) is 13.1 Å². The Morgan fingerprint density at radius 1 is 0.938 bits per heavy atom. The number of rotatable bonds is 6. The van der Waals surface area contributed by atoms with Crippen LogP contribution in [0.3, 0.4) is 0 Å². The first kappa shape index (κ1) is 19.9. The van der Waals surface area contributed by atoms with Crippen molar-refractivity contribution in [1.82, 2.24) is 19.7 Å². The molecule has 160 valence electrons. The summed E-state index contributed by atoms with van der Waals surface area (Å²) in [7, 11) is 0. The van der Waals surface area contributed by atoms with Crippen LogP contribution >= 0.6 is 0 Å². The predicted molar refractivity (Wildman–Crippen MR) is 123 cm³/mol. The summed E-state index contributed by atoms with van der Waals surface area (Å²) in [5.74, 6) is 0.532. The smallest absolute Gasteiger partial charge is 0.130 e. The molecule has 0 aliphatic heterocycles. The lowest BCUT2D eigenvalue weighted by Crippen LogP contribution is -2.12. The highest BCUT2D eigenvalue weighted by molar-refractivity contribution is 5.84. The van der Waals surface area contributed by atoms with E-state index in [2.05, 4.69) is 31.1 Å². The van der Waals surface area contributed by atoms with Crippen molar-refractivity contribution < 1.29 is 8.91 Å². The molecule has 5 rings (SSSR count). The maximum Gasteiger partial charge on any atom is 0.130 e. The van der Waals surface area contributed by atoms with Gasteiger partial charge in [-0.25, -0.2) is 14.4 Å². The fourth-order valence-electron chi connectivity index (χ4n) is 4.00. The fourth-order valence-corrected chi connectivity index (χ4v) is 4.00. The molecule has 2 aromatic carbocycles. The first-order valence-corrected chi connectivity index (χ1v) is 10.4. The molecule has 3 aromatic heterocycles. The van der Waals surface area contributed by atoms with E-state index in [9.17, 15) is 4.39 Å². The second-order valence-corrected chi connectivity index (χ2v) is 7.77. The van der Waals surface area contributed by atoms with Crippen LogP contribution in [0.15, 0.2) is 71.7 Å². The maximum atomic E-state index is 13.9. The standard InChI is InChI=1S/C25H22FN5O/c1-16-11-20(26)13-24-21(16)12-17(2)31(24)9-8-27-25-14-23(28-15-29-25)19-5-3-18(4-6-19)22-7-10-32-30-22/h3-7,10-15H,8-9H2,1-2H3,(H,27,28,29). The predicted octanol–water partition coefficient (Wildman–Crippen LogP) is 5.62. The SMILES string of the molecule is Cc1cc(F)cc2c1cc(C)n2CCNc1cc(-c2ccc(-c3ccon3)cc2)ncn1. The Kier molecular flexibility index (Phi) is 5.15. The molecule has 7 heteroatoms. The molecule has 0 aliphatic carbocycles. The quantitative estimate of drug-likeness (QED) is 0.381. The zero-order valence-electron chi connectivity index (χ0n) is 17.8. The highest BCUT2D eigenvalue weighted by Gasteiger charge is 2.10. The Morgan fingerprint density at radius 2 is 1.72 bits per heavy atom. The lowest BCUT2D eigenvalue weighted by atomic mass is 10.1. The van der Waals surface area contributed by atoms with E-state index in [-0.39, 0.29) is 5.82 Å². The first-order valence-electron chi connectivity index (χ1n) is 10.4. The number of benzene rings is 2. The molecule has 0 bridgehead atoms. The minimum Gasteiger partial charge on any atom is -0.368 e. The van der Waals surface area contributed by atoms with Crippen LogP contribution in [0.5, 0.6) is 0 Å². The molecule has 0 amide bonds. The van der Waals surface area contributed by atoms with Crippen LogP contribution in [-0.4, -0.2) is 26.2 Å². The third-order valence-electron chi connectivity index (χ3n) is 5.62. The average molecular weight is 427 g/mol. The summed E-state index contributed by atoms with van der Waals surface area (Å²) >= 11 is 0. The van der Waals surface area contributed by atoms with Crippen LogP contribution in [0, 0.1) is 19.7 Å². The molecule has 0 radical (unpaired) electrons. The van der Waals surface area contributed by atoms with Crippen molar-refractivity contribution in [2.45, 2.75) is 20.4 Å². The molecule has 0 fully saturated rings. The van der Waals surface area contributed by atoms with E-state index in [1.165, 1.54) is 0 Å². The largest absolute Gasteiger partial charge is 0.368 e. The molecule has 0 unspecified atom stereocenters. The van der Waals surface area contributed by atoms with Gasteiger partial charge >= 0.3 is 0 Å². The minimum atomic E-state index is -0.211. The van der Waals surface area contributed by atoms with E-state index in [4.69, 9.17) is 4.52 Å². The van der Waals surface area contributed by atoms with E-state index >= 15 is 0 Å². The molecule has 1 N–H and O–H groups in total. The van der Waals surface area contributed by atoms with Gasteiger partial charge in [0.05, 0.1) is 11.2 Å². The zero-order valence-corrected chi connectivity index (χ0v) is 17.8. The van der Waals surface area contributed by atoms with Gasteiger partial charge in [0.1, 0.15) is 29.9 Å². The van der Waals surface area contributed by atoms with E-state index in [1.807, 2.05) is 50.2 Å². The van der Waals surface area contributed by atoms with Gasteiger partial charge in [-0.05, 0) is 37.6 Å². The van der Waals surface area contributed by atoms with E-state index in [0.717, 1.165) is 50.5 Å². The average Bonchev–Trinajstić information content (AvgIpc) is 3.43. The van der Waals surface area contributed by atoms with Crippen molar-refractivity contribution in [2.24, 2.45) is 0 Å². The lowest BCUT2D eigenvalue weighted by Gasteiger charge is -2.11. The number of aryl methyl sites for hydroxylation is 2. The number of nitrogens with zero attached hydrogens (tertiary/aromatic N) is 4. The third-order valence-corrected chi connectivity index (χ3v) is 5.62. The van der Waals surface area contributed by atoms with Gasteiger partial charge in [-0.1, -0.05) is 29.4 Å². The van der Waals surface area contributed by atoms with Crippen molar-refractivity contribution in [3.63, 3.8) is 0 Å². The molecular weight excluding hydrogens is 405 g/mol. The van der Waals surface area contributed by atoms with Crippen molar-refractivity contribution in [1.29, 1.82) is 0 Å². The van der Waals surface area contributed by atoms with Crippen LogP contribution in [0.1, 0.15) is 11.3 Å². The molecule has 5 aromatic rings. The Balaban J connectivity index is 1.30. The Labute approximate surface area is 184 Å². The van der Waals surface area contributed by atoms with Gasteiger partial charge in [0, 0.05) is 47.4 Å². The van der Waals surface area contributed by atoms with E-state index in [1.54, 1.807) is 24.7 Å². The summed E-state index contributed by atoms with van der Waals surface area (Å²) < 4.78 is 21.0. The number of halogens is 1. The number of hydrogen-bond acceptors (Lipinski definition) is 5. The van der Waals surface area contributed by atoms with Gasteiger partial charge in [-0.3, -0.25) is 0 Å². The van der Waals surface area contributed by atoms with E-state index < -0.39 is 0 Å². The number of nitrogens with one attached hydrogen (secondary N) is 1. The van der Waals surface area contributed by atoms with Gasteiger partial charge < -0.3 is 14.4 Å². The highest BCUT2D eigenvalue weighted by atomic mass is 19.1. The zero-order chi connectivity index (χ0) is 22.1. The molecule has 3 heterocycles. The van der Waals surface area contributed by atoms with Crippen LogP contribution in [0.4, 0.5) is 10.2 Å². The van der Waals surface area contributed by atoms with Crippen molar-refractivity contribution >= 4 is 16.7 Å². The summed E-state index contributed by atoms with van der Waals surface area (Å²) in [5.41, 5.74) is 6.56. The summed E-state index contributed by atoms with van der Waals surface area (Å²) in [5, 5.41) is 8.40. The highest BCUT2D eigenvalue weighted by Crippen LogP contribution is 2.25. The number of hydrogen-bond donors (Lipinski definition) is 1. The Hall–Kier alpha value is -4.00. The second kappa shape index (κ2) is 8.26. The number of anilines is 1. The van der Waals surface area contributed by atoms with Crippen LogP contribution < -0.4 is 5.32 Å². The first-order chi connectivity index (χ1) is 15.6. The van der Waals surface area contributed by atoms with Crippen molar-refractivity contribution in [2.75, 3.05) is 11.9 Å². The number of fused-ring (bicyclic) bond motifs is 1. The topological polar surface area (TPSA) is 68.8 Å². The second-order valence-electron chi connectivity index (χ2n) is 7.77. The monoisotopic (exact) mass is 427 g/mol. The third kappa shape index (κ3) is 3.85. The van der Waals surface area contributed by atoms with Crippen LogP contribution in [0.25, 0.3) is 33.4 Å². The lowest BCUT2D eigenvalue weighted by molar-refractivity contribution is 0.422. The minimum absolute atomic E-state index is 0.211. The van der Waals surface area contributed by atoms with Crippen LogP contribution in [-0.2, 0) is 6.54 Å². The summed E-state index contributed by atoms with van der Waals surface area (Å²) in [6, 6.07) is 17.0. The van der Waals surface area contributed by atoms with Crippen LogP contribution in [0.2, 0.25) is 0 Å². The Morgan fingerprint density at radius 3 is 2.47 bits per heavy atom. The normalized spacial score (nSPS) is 11.2. The molecule has 32 heavy (non-hydrogen) atoms. The fraction of sp³-hybridized carbons (Fsp3) is 0.160. The van der Waals surface area contributed by atoms with Gasteiger partial charge in [0.2, 0.25) is 0 Å². The molecule has 0 atom stereocenters. The summed E-state index contributed by atoms with van der Waals surface area (Å²) in [6.45, 7) is 5.34. The molecule has 0 saturated heterocycles. The van der Waals surface area contributed by atoms with Gasteiger partial charge in [-0.2, -0.15) is 0 Å². The van der Waals surface area contributed by atoms with Crippen molar-refractivity contribution in [3.8, 4) is 22.5 Å². The summed E-state index contributed by atoms with van der Waals surface area (Å²) in [4.78, 5) is 8.74.